The number of alkyl halides is 3. The summed E-state index contributed by atoms with van der Waals surface area (Å²) in [6, 6.07) is 13.7. The Hall–Kier alpha value is -5.05. The third-order valence-electron chi connectivity index (χ3n) is 10.1. The SMILES string of the molecule is CC1(C)C(=O)N(c2cnc(C#N)c(C(F)(F)F)c2)C(S)N1c1ccc(OCCC2CCN(CC(=O)Nc3cccc(NC4CCC(=O)NC4=O)c3)CC2)c(Cl)c1. The quantitative estimate of drug-likeness (QED) is 0.138. The summed E-state index contributed by atoms with van der Waals surface area (Å²) < 4.78 is 47.1. The van der Waals surface area contributed by atoms with Gasteiger partial charge in [-0.15, -0.1) is 12.6 Å². The van der Waals surface area contributed by atoms with Crippen molar-refractivity contribution in [3.05, 3.63) is 71.0 Å². The average molecular weight is 813 g/mol. The van der Waals surface area contributed by atoms with E-state index in [2.05, 4.69) is 38.5 Å². The number of aromatic nitrogens is 1. The highest BCUT2D eigenvalue weighted by atomic mass is 35.5. The third kappa shape index (κ3) is 8.98. The fourth-order valence-corrected chi connectivity index (χ4v) is 8.04. The van der Waals surface area contributed by atoms with Gasteiger partial charge >= 0.3 is 6.18 Å². The number of pyridine rings is 1. The summed E-state index contributed by atoms with van der Waals surface area (Å²) >= 11 is 11.3. The van der Waals surface area contributed by atoms with Crippen LogP contribution < -0.4 is 30.5 Å². The summed E-state index contributed by atoms with van der Waals surface area (Å²) in [5.74, 6) is -0.515. The molecule has 296 valence electrons. The number of rotatable bonds is 11. The molecule has 3 aliphatic rings. The van der Waals surface area contributed by atoms with Crippen molar-refractivity contribution in [1.82, 2.24) is 15.2 Å². The zero-order valence-corrected chi connectivity index (χ0v) is 32.2. The van der Waals surface area contributed by atoms with Crippen molar-refractivity contribution in [2.45, 2.75) is 69.2 Å². The van der Waals surface area contributed by atoms with Crippen molar-refractivity contribution in [3.8, 4) is 11.8 Å². The van der Waals surface area contributed by atoms with Crippen LogP contribution in [0.5, 0.6) is 5.75 Å². The van der Waals surface area contributed by atoms with Crippen molar-refractivity contribution in [3.63, 3.8) is 0 Å². The Morgan fingerprint density at radius 3 is 2.50 bits per heavy atom. The number of benzene rings is 2. The molecule has 2 aromatic carbocycles. The molecule has 3 saturated heterocycles. The number of amides is 4. The molecule has 0 radical (unpaired) electrons. The van der Waals surface area contributed by atoms with Crippen LogP contribution in [0.3, 0.4) is 0 Å². The van der Waals surface area contributed by atoms with E-state index < -0.39 is 40.4 Å². The standard InChI is InChI=1S/C38H40ClF3N8O5S/c1-37(2)35(54)49(26-17-27(38(40,41)42)30(19-43)44-20-26)36(56)50(37)25-6-8-31(28(39)18-25)55-15-12-22-10-13-48(14-11-22)21-33(52)46-24-5-3-4-23(16-24)45-29-7-9-32(51)47-34(29)53/h3-6,8,16-18,20,22,29,36,45,56H,7,9-15,21H2,1-2H3,(H,46,52)(H,47,51,53). The number of imide groups is 1. The van der Waals surface area contributed by atoms with Gasteiger partial charge in [-0.3, -0.25) is 34.3 Å². The van der Waals surface area contributed by atoms with Gasteiger partial charge in [-0.1, -0.05) is 17.7 Å². The Balaban J connectivity index is 0.974. The average Bonchev–Trinajstić information content (AvgIpc) is 3.32. The molecule has 2 unspecified atom stereocenters. The summed E-state index contributed by atoms with van der Waals surface area (Å²) in [4.78, 5) is 58.4. The molecule has 13 nitrogen and oxygen atoms in total. The number of carbonyl (C=O) groups excluding carboxylic acids is 4. The van der Waals surface area contributed by atoms with Crippen LogP contribution in [0.2, 0.25) is 5.02 Å². The van der Waals surface area contributed by atoms with E-state index >= 15 is 0 Å². The number of thiol groups is 1. The topological polar surface area (TPSA) is 160 Å². The van der Waals surface area contributed by atoms with Gasteiger partial charge in [0, 0.05) is 23.5 Å². The van der Waals surface area contributed by atoms with Crippen LogP contribution in [0, 0.1) is 17.2 Å². The Kier molecular flexibility index (Phi) is 12.0. The van der Waals surface area contributed by atoms with Crippen molar-refractivity contribution in [2.75, 3.05) is 46.7 Å². The number of nitrogens with one attached hydrogen (secondary N) is 3. The van der Waals surface area contributed by atoms with Crippen molar-refractivity contribution in [2.24, 2.45) is 5.92 Å². The molecule has 0 aliphatic carbocycles. The smallest absolute Gasteiger partial charge is 0.419 e. The highest BCUT2D eigenvalue weighted by molar-refractivity contribution is 7.81. The lowest BCUT2D eigenvalue weighted by Crippen LogP contribution is -2.47. The number of halogens is 4. The van der Waals surface area contributed by atoms with E-state index in [4.69, 9.17) is 21.6 Å². The highest BCUT2D eigenvalue weighted by Gasteiger charge is 2.52. The lowest BCUT2D eigenvalue weighted by molar-refractivity contribution is -0.138. The first-order valence-corrected chi connectivity index (χ1v) is 18.9. The van der Waals surface area contributed by atoms with Gasteiger partial charge in [0.05, 0.1) is 35.6 Å². The van der Waals surface area contributed by atoms with Crippen LogP contribution in [-0.4, -0.2) is 76.8 Å². The molecular weight excluding hydrogens is 773 g/mol. The maximum atomic E-state index is 13.7. The summed E-state index contributed by atoms with van der Waals surface area (Å²) in [5, 5.41) is 17.8. The molecule has 4 amide bonds. The van der Waals surface area contributed by atoms with Crippen molar-refractivity contribution < 1.29 is 37.1 Å². The third-order valence-corrected chi connectivity index (χ3v) is 10.9. The van der Waals surface area contributed by atoms with Crippen molar-refractivity contribution >= 4 is 70.6 Å². The summed E-state index contributed by atoms with van der Waals surface area (Å²) in [5.41, 5.74) is -2.70. The fourth-order valence-electron chi connectivity index (χ4n) is 7.15. The second kappa shape index (κ2) is 16.6. The van der Waals surface area contributed by atoms with Crippen LogP contribution in [0.1, 0.15) is 57.2 Å². The number of carbonyl (C=O) groups is 4. The van der Waals surface area contributed by atoms with Crippen LogP contribution in [0.25, 0.3) is 0 Å². The fraction of sp³-hybridized carbons (Fsp3) is 0.421. The number of anilines is 4. The number of nitrogens with zero attached hydrogens (tertiary/aromatic N) is 5. The molecule has 4 heterocycles. The maximum absolute atomic E-state index is 13.7. The van der Waals surface area contributed by atoms with Gasteiger partial charge < -0.3 is 20.3 Å². The molecular formula is C38H40ClF3N8O5S. The van der Waals surface area contributed by atoms with E-state index in [1.165, 1.54) is 6.07 Å². The predicted octanol–water partition coefficient (Wildman–Crippen LogP) is 5.81. The molecule has 3 aromatic rings. The largest absolute Gasteiger partial charge is 0.492 e. The number of hydrogen-bond donors (Lipinski definition) is 4. The number of likely N-dealkylation sites (tertiary alicyclic amines) is 1. The van der Waals surface area contributed by atoms with E-state index in [1.54, 1.807) is 61.2 Å². The van der Waals surface area contributed by atoms with Crippen LogP contribution in [0.4, 0.5) is 35.9 Å². The lowest BCUT2D eigenvalue weighted by Gasteiger charge is -2.33. The zero-order chi connectivity index (χ0) is 40.4. The molecule has 18 heteroatoms. The number of piperidine rings is 2. The minimum atomic E-state index is -4.85. The first-order chi connectivity index (χ1) is 26.5. The van der Waals surface area contributed by atoms with Crippen LogP contribution in [0.15, 0.2) is 54.7 Å². The number of ether oxygens (including phenoxy) is 1. The van der Waals surface area contributed by atoms with Gasteiger partial charge in [0.25, 0.3) is 5.91 Å². The predicted molar refractivity (Wildman–Crippen MR) is 206 cm³/mol. The second-order valence-corrected chi connectivity index (χ2v) is 15.3. The van der Waals surface area contributed by atoms with Gasteiger partial charge in [-0.05, 0) is 101 Å². The lowest BCUT2D eigenvalue weighted by atomic mass is 9.94. The van der Waals surface area contributed by atoms with Crippen LogP contribution >= 0.6 is 24.2 Å². The van der Waals surface area contributed by atoms with Gasteiger partial charge in [0.15, 0.2) is 11.2 Å². The highest BCUT2D eigenvalue weighted by Crippen LogP contribution is 2.43. The Morgan fingerprint density at radius 1 is 1.09 bits per heavy atom. The molecule has 2 atom stereocenters. The van der Waals surface area contributed by atoms with E-state index in [-0.39, 0.29) is 41.4 Å². The Bertz CT molecular complexity index is 2060. The summed E-state index contributed by atoms with van der Waals surface area (Å²) in [6.45, 7) is 5.37. The molecule has 0 spiro atoms. The first kappa shape index (κ1) is 40.6. The van der Waals surface area contributed by atoms with E-state index in [1.807, 2.05) is 0 Å². The van der Waals surface area contributed by atoms with Gasteiger partial charge in [0.2, 0.25) is 17.7 Å². The van der Waals surface area contributed by atoms with Gasteiger partial charge in [0.1, 0.15) is 23.4 Å². The number of nitriles is 1. The zero-order valence-electron chi connectivity index (χ0n) is 30.5. The van der Waals surface area contributed by atoms with E-state index in [9.17, 15) is 32.3 Å². The first-order valence-electron chi connectivity index (χ1n) is 18.0. The van der Waals surface area contributed by atoms with Crippen LogP contribution in [-0.2, 0) is 25.4 Å². The minimum Gasteiger partial charge on any atom is -0.492 e. The number of hydrogen-bond acceptors (Lipinski definition) is 11. The Morgan fingerprint density at radius 2 is 1.82 bits per heavy atom. The second-order valence-electron chi connectivity index (χ2n) is 14.4. The monoisotopic (exact) mass is 812 g/mol. The van der Waals surface area contributed by atoms with Gasteiger partial charge in [-0.2, -0.15) is 18.4 Å². The molecule has 3 aliphatic heterocycles. The Labute approximate surface area is 331 Å². The molecule has 3 fully saturated rings. The minimum absolute atomic E-state index is 0.150. The molecule has 3 N–H and O–H groups in total. The molecule has 0 bridgehead atoms. The maximum Gasteiger partial charge on any atom is 0.419 e. The normalized spacial score (nSPS) is 20.4. The summed E-state index contributed by atoms with van der Waals surface area (Å²) in [7, 11) is 0. The van der Waals surface area contributed by atoms with E-state index in [0.29, 0.717) is 41.8 Å². The molecule has 56 heavy (non-hydrogen) atoms. The van der Waals surface area contributed by atoms with Gasteiger partial charge in [-0.25, -0.2) is 4.98 Å². The molecule has 1 aromatic heterocycles. The molecule has 0 saturated carbocycles. The van der Waals surface area contributed by atoms with Crippen molar-refractivity contribution in [1.29, 1.82) is 5.26 Å². The molecule has 6 rings (SSSR count). The van der Waals surface area contributed by atoms with E-state index in [0.717, 1.165) is 49.5 Å². The summed E-state index contributed by atoms with van der Waals surface area (Å²) in [6.07, 6.45) is -0.613.